The van der Waals surface area contributed by atoms with Crippen LogP contribution in [0.1, 0.15) is 6.42 Å². The molecule has 2 aromatic carbocycles. The highest BCUT2D eigenvalue weighted by atomic mass is 15.1. The van der Waals surface area contributed by atoms with Crippen LogP contribution in [0.3, 0.4) is 0 Å². The summed E-state index contributed by atoms with van der Waals surface area (Å²) < 4.78 is 0. The molecular weight excluding hydrogens is 334 g/mol. The van der Waals surface area contributed by atoms with E-state index in [0.717, 1.165) is 41.9 Å². The lowest BCUT2D eigenvalue weighted by atomic mass is 10.1. The summed E-state index contributed by atoms with van der Waals surface area (Å²) in [6.45, 7) is 2.01. The van der Waals surface area contributed by atoms with E-state index in [1.165, 1.54) is 16.5 Å². The number of fused-ring (bicyclic) bond motifs is 2. The topological polar surface area (TPSA) is 34.6 Å². The van der Waals surface area contributed by atoms with Gasteiger partial charge in [-0.05, 0) is 63.5 Å². The summed E-state index contributed by atoms with van der Waals surface area (Å²) in [6, 6.07) is 13.0. The van der Waals surface area contributed by atoms with Crippen molar-refractivity contribution in [2.24, 2.45) is 0 Å². The van der Waals surface area contributed by atoms with Crippen molar-refractivity contribution in [1.82, 2.24) is 9.88 Å². The molecule has 1 N–H and O–H groups in total. The number of nitrogens with zero attached hydrogens (tertiary/aromatic N) is 4. The van der Waals surface area contributed by atoms with Crippen LogP contribution in [0.15, 0.2) is 36.4 Å². The predicted octanol–water partition coefficient (Wildman–Crippen LogP) is 3.88. The van der Waals surface area contributed by atoms with E-state index in [0.29, 0.717) is 0 Å². The molecule has 144 valence electrons. The van der Waals surface area contributed by atoms with Crippen LogP contribution in [0.4, 0.5) is 17.1 Å². The Morgan fingerprint density at radius 2 is 1.30 bits per heavy atom. The first kappa shape index (κ1) is 19.2. The minimum Gasteiger partial charge on any atom is -0.384 e. The first-order valence-corrected chi connectivity index (χ1v) is 9.47. The van der Waals surface area contributed by atoms with Gasteiger partial charge < -0.3 is 20.0 Å². The average molecular weight is 366 g/mol. The van der Waals surface area contributed by atoms with Crippen molar-refractivity contribution in [1.29, 1.82) is 0 Å². The van der Waals surface area contributed by atoms with Crippen LogP contribution in [0.5, 0.6) is 0 Å². The third-order valence-electron chi connectivity index (χ3n) is 4.86. The molecule has 5 nitrogen and oxygen atoms in total. The highest BCUT2D eigenvalue weighted by Gasteiger charge is 2.11. The molecule has 0 spiro atoms. The largest absolute Gasteiger partial charge is 0.384 e. The summed E-state index contributed by atoms with van der Waals surface area (Å²) >= 11 is 0. The number of aromatic nitrogens is 1. The van der Waals surface area contributed by atoms with Crippen LogP contribution in [0.25, 0.3) is 21.8 Å². The van der Waals surface area contributed by atoms with Crippen molar-refractivity contribution in [2.75, 3.05) is 70.5 Å². The van der Waals surface area contributed by atoms with Crippen LogP contribution >= 0.6 is 0 Å². The molecule has 1 aromatic heterocycles. The molecule has 0 aliphatic heterocycles. The monoisotopic (exact) mass is 365 g/mol. The number of hydrogen-bond acceptors (Lipinski definition) is 5. The Hall–Kier alpha value is -2.53. The number of hydrogen-bond donors (Lipinski definition) is 1. The number of anilines is 3. The Labute approximate surface area is 162 Å². The zero-order valence-corrected chi connectivity index (χ0v) is 17.4. The minimum absolute atomic E-state index is 0.942. The fraction of sp³-hybridized carbons (Fsp3) is 0.409. The van der Waals surface area contributed by atoms with Crippen LogP contribution in [-0.2, 0) is 0 Å². The summed E-state index contributed by atoms with van der Waals surface area (Å²) in [4.78, 5) is 11.4. The van der Waals surface area contributed by atoms with Gasteiger partial charge in [-0.3, -0.25) is 0 Å². The van der Waals surface area contributed by atoms with E-state index >= 15 is 0 Å². The lowest BCUT2D eigenvalue weighted by Gasteiger charge is -2.18. The molecule has 0 atom stereocenters. The number of nitrogens with one attached hydrogen (secondary N) is 1. The van der Waals surface area contributed by atoms with Gasteiger partial charge in [0.25, 0.3) is 0 Å². The van der Waals surface area contributed by atoms with Crippen molar-refractivity contribution < 1.29 is 0 Å². The molecule has 0 amide bonds. The highest BCUT2D eigenvalue weighted by Crippen LogP contribution is 2.34. The summed E-state index contributed by atoms with van der Waals surface area (Å²) in [5, 5.41) is 6.04. The Kier molecular flexibility index (Phi) is 5.71. The fourth-order valence-corrected chi connectivity index (χ4v) is 3.28. The third-order valence-corrected chi connectivity index (χ3v) is 4.86. The van der Waals surface area contributed by atoms with E-state index in [2.05, 4.69) is 98.7 Å². The van der Waals surface area contributed by atoms with Gasteiger partial charge in [0.05, 0.1) is 16.7 Å². The van der Waals surface area contributed by atoms with E-state index in [1.54, 1.807) is 0 Å². The predicted molar refractivity (Wildman–Crippen MR) is 120 cm³/mol. The Morgan fingerprint density at radius 3 is 1.74 bits per heavy atom. The Morgan fingerprint density at radius 1 is 0.778 bits per heavy atom. The first-order valence-electron chi connectivity index (χ1n) is 9.47. The molecule has 0 aliphatic carbocycles. The molecule has 0 aliphatic rings. The smallest absolute Gasteiger partial charge is 0.0751 e. The molecule has 5 heteroatoms. The maximum Gasteiger partial charge on any atom is 0.0751 e. The van der Waals surface area contributed by atoms with Crippen LogP contribution in [-0.4, -0.2) is 65.3 Å². The van der Waals surface area contributed by atoms with Crippen molar-refractivity contribution in [3.8, 4) is 0 Å². The van der Waals surface area contributed by atoms with E-state index in [-0.39, 0.29) is 0 Å². The average Bonchev–Trinajstić information content (AvgIpc) is 2.62. The number of rotatable bonds is 7. The maximum atomic E-state index is 4.98. The molecule has 0 radical (unpaired) electrons. The van der Waals surface area contributed by atoms with Crippen LogP contribution in [0, 0.1) is 0 Å². The first-order chi connectivity index (χ1) is 12.9. The Balaban J connectivity index is 2.11. The van der Waals surface area contributed by atoms with Crippen LogP contribution < -0.4 is 15.1 Å². The molecule has 0 saturated heterocycles. The molecule has 27 heavy (non-hydrogen) atoms. The third kappa shape index (κ3) is 4.25. The molecule has 3 aromatic rings. The van der Waals surface area contributed by atoms with Gasteiger partial charge in [0.2, 0.25) is 0 Å². The summed E-state index contributed by atoms with van der Waals surface area (Å²) in [6.07, 6.45) is 1.10. The number of pyridine rings is 1. The summed E-state index contributed by atoms with van der Waals surface area (Å²) in [7, 11) is 12.5. The van der Waals surface area contributed by atoms with Crippen molar-refractivity contribution in [2.45, 2.75) is 6.42 Å². The molecular formula is C22H31N5. The second-order valence-electron chi connectivity index (χ2n) is 7.76. The van der Waals surface area contributed by atoms with Crippen molar-refractivity contribution >= 4 is 38.9 Å². The molecule has 0 saturated carbocycles. The van der Waals surface area contributed by atoms with E-state index < -0.39 is 0 Å². The van der Waals surface area contributed by atoms with Gasteiger partial charge in [0.15, 0.2) is 0 Å². The molecule has 3 rings (SSSR count). The number of benzene rings is 2. The lowest BCUT2D eigenvalue weighted by molar-refractivity contribution is 0.405. The van der Waals surface area contributed by atoms with Gasteiger partial charge in [0.1, 0.15) is 0 Å². The maximum absolute atomic E-state index is 4.98. The quantitative estimate of drug-likeness (QED) is 0.508. The minimum atomic E-state index is 0.942. The van der Waals surface area contributed by atoms with Gasteiger partial charge in [-0.1, -0.05) is 0 Å². The second kappa shape index (κ2) is 8.01. The second-order valence-corrected chi connectivity index (χ2v) is 7.76. The Bertz CT molecular complexity index is 865. The summed E-state index contributed by atoms with van der Waals surface area (Å²) in [5.74, 6) is 0. The molecule has 0 unspecified atom stereocenters. The van der Waals surface area contributed by atoms with E-state index in [4.69, 9.17) is 4.98 Å². The zero-order valence-electron chi connectivity index (χ0n) is 17.4. The fourth-order valence-electron chi connectivity index (χ4n) is 3.28. The van der Waals surface area contributed by atoms with Gasteiger partial charge in [-0.25, -0.2) is 4.98 Å². The molecule has 0 fully saturated rings. The lowest BCUT2D eigenvalue weighted by Crippen LogP contribution is -2.16. The van der Waals surface area contributed by atoms with Gasteiger partial charge >= 0.3 is 0 Å². The standard InChI is InChI=1S/C22H31N5/c1-25(2)13-7-12-23-22-18-10-8-16(26(3)4)14-20(18)24-21-15-17(27(5)6)9-11-19(21)22/h8-11,14-15H,7,12-13H2,1-6H3,(H,23,24). The highest BCUT2D eigenvalue weighted by molar-refractivity contribution is 6.08. The van der Waals surface area contributed by atoms with Gasteiger partial charge in [-0.15, -0.1) is 0 Å². The SMILES string of the molecule is CN(C)CCCNc1c2ccc(N(C)C)cc2nc2cc(N(C)C)ccc12. The molecule has 0 bridgehead atoms. The summed E-state index contributed by atoms with van der Waals surface area (Å²) in [5.41, 5.74) is 5.57. The van der Waals surface area contributed by atoms with Gasteiger partial charge in [-0.2, -0.15) is 0 Å². The van der Waals surface area contributed by atoms with Crippen molar-refractivity contribution in [3.63, 3.8) is 0 Å². The van der Waals surface area contributed by atoms with E-state index in [1.807, 2.05) is 0 Å². The normalized spacial score (nSPS) is 11.4. The van der Waals surface area contributed by atoms with Crippen molar-refractivity contribution in [3.05, 3.63) is 36.4 Å². The van der Waals surface area contributed by atoms with Gasteiger partial charge in [0, 0.05) is 56.9 Å². The molecule has 1 heterocycles. The zero-order chi connectivity index (χ0) is 19.6. The van der Waals surface area contributed by atoms with Crippen LogP contribution in [0.2, 0.25) is 0 Å². The van der Waals surface area contributed by atoms with E-state index in [9.17, 15) is 0 Å².